The summed E-state index contributed by atoms with van der Waals surface area (Å²) in [5.41, 5.74) is 1.35. The fourth-order valence-corrected chi connectivity index (χ4v) is 4.67. The molecular weight excluding hydrogens is 511 g/mol. The minimum absolute atomic E-state index is 0.0216. The van der Waals surface area contributed by atoms with E-state index in [1.165, 1.54) is 6.92 Å². The second-order valence-corrected chi connectivity index (χ2v) is 11.7. The molecule has 2 atom stereocenters. The summed E-state index contributed by atoms with van der Waals surface area (Å²) >= 11 is 18.4. The van der Waals surface area contributed by atoms with Gasteiger partial charge < -0.3 is 19.7 Å². The van der Waals surface area contributed by atoms with E-state index in [4.69, 9.17) is 44.3 Å². The summed E-state index contributed by atoms with van der Waals surface area (Å²) in [5, 5.41) is 20.1. The SMILES string of the molecule is CCS(=O)(=O)C[C@@H](O)COc1ccc(C(C)(C)c2cc(Cl)c(OC[C@@H](O)CCl)c(Cl)c2)cc1. The number of hydrogen-bond acceptors (Lipinski definition) is 6. The van der Waals surface area contributed by atoms with E-state index in [1.807, 2.05) is 26.0 Å². The second kappa shape index (κ2) is 12.0. The molecule has 0 unspecified atom stereocenters. The molecule has 0 spiro atoms. The summed E-state index contributed by atoms with van der Waals surface area (Å²) in [4.78, 5) is 0. The molecule has 0 aromatic heterocycles. The van der Waals surface area contributed by atoms with E-state index in [0.29, 0.717) is 15.8 Å². The third kappa shape index (κ3) is 7.91. The monoisotopic (exact) mass is 538 g/mol. The lowest BCUT2D eigenvalue weighted by atomic mass is 9.78. The number of ether oxygens (including phenoxy) is 2. The lowest BCUT2D eigenvalue weighted by molar-refractivity contribution is 0.125. The zero-order valence-electron chi connectivity index (χ0n) is 18.7. The Bertz CT molecular complexity index is 1000. The topological polar surface area (TPSA) is 93.1 Å². The number of alkyl halides is 1. The zero-order valence-corrected chi connectivity index (χ0v) is 21.8. The van der Waals surface area contributed by atoms with Crippen molar-refractivity contribution < 1.29 is 28.1 Å². The van der Waals surface area contributed by atoms with Gasteiger partial charge >= 0.3 is 0 Å². The molecular formula is C23H29Cl3O6S. The van der Waals surface area contributed by atoms with E-state index in [-0.39, 0.29) is 36.3 Å². The predicted molar refractivity (Wildman–Crippen MR) is 133 cm³/mol. The minimum Gasteiger partial charge on any atom is -0.491 e. The van der Waals surface area contributed by atoms with Gasteiger partial charge in [0.25, 0.3) is 0 Å². The highest BCUT2D eigenvalue weighted by atomic mass is 35.5. The lowest BCUT2D eigenvalue weighted by Gasteiger charge is -2.27. The summed E-state index contributed by atoms with van der Waals surface area (Å²) in [6.07, 6.45) is -1.92. The van der Waals surface area contributed by atoms with Gasteiger partial charge in [0, 0.05) is 11.2 Å². The van der Waals surface area contributed by atoms with Crippen LogP contribution in [0.5, 0.6) is 11.5 Å². The molecule has 0 aliphatic heterocycles. The molecule has 0 saturated carbocycles. The third-order valence-electron chi connectivity index (χ3n) is 5.22. The van der Waals surface area contributed by atoms with E-state index >= 15 is 0 Å². The summed E-state index contributed by atoms with van der Waals surface area (Å²) in [6, 6.07) is 10.8. The van der Waals surface area contributed by atoms with Crippen LogP contribution in [-0.4, -0.2) is 61.4 Å². The van der Waals surface area contributed by atoms with Gasteiger partial charge in [-0.1, -0.05) is 56.1 Å². The van der Waals surface area contributed by atoms with Gasteiger partial charge in [0.05, 0.1) is 21.7 Å². The maximum Gasteiger partial charge on any atom is 0.156 e. The van der Waals surface area contributed by atoms with Crippen molar-refractivity contribution in [1.82, 2.24) is 0 Å². The van der Waals surface area contributed by atoms with Crippen LogP contribution >= 0.6 is 34.8 Å². The molecule has 2 N–H and O–H groups in total. The smallest absolute Gasteiger partial charge is 0.156 e. The Labute approximate surface area is 210 Å². The average Bonchev–Trinajstić information content (AvgIpc) is 2.76. The van der Waals surface area contributed by atoms with Crippen molar-refractivity contribution >= 4 is 44.6 Å². The first-order chi connectivity index (χ1) is 15.4. The van der Waals surface area contributed by atoms with Gasteiger partial charge in [0.2, 0.25) is 0 Å². The van der Waals surface area contributed by atoms with Crippen LogP contribution in [0.15, 0.2) is 36.4 Å². The molecule has 184 valence electrons. The quantitative estimate of drug-likeness (QED) is 0.387. The molecule has 0 aliphatic rings. The van der Waals surface area contributed by atoms with Gasteiger partial charge in [0.15, 0.2) is 15.6 Å². The Kier molecular flexibility index (Phi) is 10.2. The standard InChI is InChI=1S/C23H29Cl3O6S/c1-4-33(29,30)14-18(28)13-31-19-7-5-15(6-8-19)23(2,3)16-9-20(25)22(21(26)10-16)32-12-17(27)11-24/h5-10,17-18,27-28H,4,11-14H2,1-3H3/t17-,18-/m0/s1. The van der Waals surface area contributed by atoms with Crippen LogP contribution in [0.3, 0.4) is 0 Å². The fraction of sp³-hybridized carbons (Fsp3) is 0.478. The maximum atomic E-state index is 11.6. The average molecular weight is 540 g/mol. The number of sulfone groups is 1. The predicted octanol–water partition coefficient (Wildman–Crippen LogP) is 4.47. The van der Waals surface area contributed by atoms with Crippen LogP contribution in [0, 0.1) is 0 Å². The van der Waals surface area contributed by atoms with Crippen molar-refractivity contribution in [1.29, 1.82) is 0 Å². The molecule has 33 heavy (non-hydrogen) atoms. The molecule has 0 bridgehead atoms. The van der Waals surface area contributed by atoms with Crippen LogP contribution in [0.2, 0.25) is 10.0 Å². The number of hydrogen-bond donors (Lipinski definition) is 2. The fourth-order valence-electron chi connectivity index (χ4n) is 3.07. The molecule has 0 amide bonds. The number of aliphatic hydroxyl groups is 2. The number of halogens is 3. The van der Waals surface area contributed by atoms with Gasteiger partial charge in [-0.2, -0.15) is 0 Å². The van der Waals surface area contributed by atoms with Gasteiger partial charge in [-0.25, -0.2) is 8.42 Å². The summed E-state index contributed by atoms with van der Waals surface area (Å²) in [5.74, 6) is 0.483. The van der Waals surface area contributed by atoms with Crippen LogP contribution in [-0.2, 0) is 15.3 Å². The van der Waals surface area contributed by atoms with Crippen molar-refractivity contribution in [3.63, 3.8) is 0 Å². The van der Waals surface area contributed by atoms with Crippen molar-refractivity contribution in [2.45, 2.75) is 38.4 Å². The molecule has 10 heteroatoms. The summed E-state index contributed by atoms with van der Waals surface area (Å²) < 4.78 is 34.3. The normalized spacial score (nSPS) is 14.1. The molecule has 2 aromatic rings. The molecule has 0 aliphatic carbocycles. The van der Waals surface area contributed by atoms with Crippen molar-refractivity contribution in [2.75, 3.05) is 30.6 Å². The highest BCUT2D eigenvalue weighted by molar-refractivity contribution is 7.91. The number of rotatable bonds is 12. The first-order valence-corrected chi connectivity index (χ1v) is 13.5. The van der Waals surface area contributed by atoms with E-state index in [0.717, 1.165) is 11.1 Å². The van der Waals surface area contributed by atoms with E-state index in [9.17, 15) is 18.6 Å². The Morgan fingerprint density at radius 1 is 0.939 bits per heavy atom. The maximum absolute atomic E-state index is 11.6. The van der Waals surface area contributed by atoms with E-state index in [1.54, 1.807) is 24.3 Å². The molecule has 0 heterocycles. The van der Waals surface area contributed by atoms with Crippen molar-refractivity contribution in [3.8, 4) is 11.5 Å². The first-order valence-electron chi connectivity index (χ1n) is 10.4. The first kappa shape index (κ1) is 28.0. The summed E-state index contributed by atoms with van der Waals surface area (Å²) in [6.45, 7) is 5.43. The largest absolute Gasteiger partial charge is 0.491 e. The molecule has 0 radical (unpaired) electrons. The minimum atomic E-state index is -3.28. The zero-order chi connectivity index (χ0) is 24.8. The Morgan fingerprint density at radius 3 is 2.00 bits per heavy atom. The number of aliphatic hydroxyl groups excluding tert-OH is 2. The molecule has 0 saturated heterocycles. The molecule has 2 aromatic carbocycles. The Morgan fingerprint density at radius 2 is 1.48 bits per heavy atom. The van der Waals surface area contributed by atoms with Crippen molar-refractivity contribution in [2.24, 2.45) is 0 Å². The lowest BCUT2D eigenvalue weighted by Crippen LogP contribution is -2.28. The Balaban J connectivity index is 2.12. The van der Waals surface area contributed by atoms with Crippen LogP contribution in [0.4, 0.5) is 0 Å². The van der Waals surface area contributed by atoms with Crippen LogP contribution < -0.4 is 9.47 Å². The number of benzene rings is 2. The van der Waals surface area contributed by atoms with Crippen molar-refractivity contribution in [3.05, 3.63) is 57.6 Å². The van der Waals surface area contributed by atoms with E-state index in [2.05, 4.69) is 0 Å². The highest BCUT2D eigenvalue weighted by Gasteiger charge is 2.26. The van der Waals surface area contributed by atoms with Gasteiger partial charge in [-0.3, -0.25) is 0 Å². The van der Waals surface area contributed by atoms with E-state index < -0.39 is 27.5 Å². The van der Waals surface area contributed by atoms with Gasteiger partial charge in [-0.15, -0.1) is 11.6 Å². The third-order valence-corrected chi connectivity index (χ3v) is 7.91. The van der Waals surface area contributed by atoms with Crippen LogP contribution in [0.25, 0.3) is 0 Å². The Hall–Kier alpha value is -1.22. The van der Waals surface area contributed by atoms with Crippen LogP contribution in [0.1, 0.15) is 31.9 Å². The molecule has 0 fully saturated rings. The molecule has 6 nitrogen and oxygen atoms in total. The van der Waals surface area contributed by atoms with Gasteiger partial charge in [-0.05, 0) is 35.4 Å². The highest BCUT2D eigenvalue weighted by Crippen LogP contribution is 2.40. The second-order valence-electron chi connectivity index (χ2n) is 8.20. The summed E-state index contributed by atoms with van der Waals surface area (Å²) in [7, 11) is -3.28. The molecule has 2 rings (SSSR count). The van der Waals surface area contributed by atoms with Gasteiger partial charge in [0.1, 0.15) is 31.2 Å².